The van der Waals surface area contributed by atoms with Crippen molar-refractivity contribution in [2.24, 2.45) is 5.92 Å². The minimum Gasteiger partial charge on any atom is -0.326 e. The van der Waals surface area contributed by atoms with Crippen LogP contribution in [-0.4, -0.2) is 50.1 Å². The second kappa shape index (κ2) is 7.63. The summed E-state index contributed by atoms with van der Waals surface area (Å²) in [6, 6.07) is 7.81. The highest BCUT2D eigenvalue weighted by Gasteiger charge is 2.32. The molecule has 1 aromatic carbocycles. The summed E-state index contributed by atoms with van der Waals surface area (Å²) in [7, 11) is -0.341. The van der Waals surface area contributed by atoms with Crippen molar-refractivity contribution in [2.45, 2.75) is 32.6 Å². The van der Waals surface area contributed by atoms with E-state index in [1.54, 1.807) is 0 Å². The van der Waals surface area contributed by atoms with Crippen LogP contribution in [0, 0.1) is 5.92 Å². The first-order valence-corrected chi connectivity index (χ1v) is 9.70. The van der Waals surface area contributed by atoms with Crippen molar-refractivity contribution >= 4 is 21.8 Å². The van der Waals surface area contributed by atoms with Crippen LogP contribution in [0.5, 0.6) is 0 Å². The van der Waals surface area contributed by atoms with Crippen LogP contribution in [0.4, 0.5) is 5.69 Å². The van der Waals surface area contributed by atoms with Crippen LogP contribution in [0.2, 0.25) is 0 Å². The van der Waals surface area contributed by atoms with Crippen molar-refractivity contribution in [2.75, 3.05) is 32.5 Å². The van der Waals surface area contributed by atoms with Gasteiger partial charge in [0.15, 0.2) is 0 Å². The summed E-state index contributed by atoms with van der Waals surface area (Å²) in [5, 5.41) is 3.02. The van der Waals surface area contributed by atoms with E-state index in [1.807, 2.05) is 24.3 Å². The summed E-state index contributed by atoms with van der Waals surface area (Å²) in [4.78, 5) is 12.5. The summed E-state index contributed by atoms with van der Waals surface area (Å²) < 4.78 is 26.9. The number of rotatable bonds is 5. The molecule has 1 aliphatic rings. The molecule has 0 atom stereocenters. The third-order valence-electron chi connectivity index (χ3n) is 4.45. The molecule has 6 nitrogen and oxygen atoms in total. The van der Waals surface area contributed by atoms with Gasteiger partial charge < -0.3 is 5.32 Å². The van der Waals surface area contributed by atoms with Crippen LogP contribution in [0.1, 0.15) is 38.2 Å². The summed E-state index contributed by atoms with van der Waals surface area (Å²) >= 11 is 0. The third-order valence-corrected chi connectivity index (χ3v) is 6.39. The lowest BCUT2D eigenvalue weighted by Crippen LogP contribution is -2.46. The SMILES string of the molecule is CC(C)c1ccccc1NC(=O)C1CCN(S(=O)(=O)N(C)C)CC1. The maximum atomic E-state index is 12.5. The highest BCUT2D eigenvalue weighted by Crippen LogP contribution is 2.26. The fourth-order valence-electron chi connectivity index (χ4n) is 2.93. The molecular weight excluding hydrogens is 326 g/mol. The lowest BCUT2D eigenvalue weighted by Gasteiger charge is -2.32. The number of nitrogens with one attached hydrogen (secondary N) is 1. The van der Waals surface area contributed by atoms with Crippen LogP contribution in [-0.2, 0) is 15.0 Å². The molecule has 24 heavy (non-hydrogen) atoms. The highest BCUT2D eigenvalue weighted by molar-refractivity contribution is 7.86. The molecular formula is C17H27N3O3S. The minimum atomic E-state index is -3.39. The molecule has 0 aliphatic carbocycles. The molecule has 0 unspecified atom stereocenters. The smallest absolute Gasteiger partial charge is 0.281 e. The summed E-state index contributed by atoms with van der Waals surface area (Å²) in [6.45, 7) is 4.94. The van der Waals surface area contributed by atoms with Crippen LogP contribution < -0.4 is 5.32 Å². The van der Waals surface area contributed by atoms with E-state index in [0.717, 1.165) is 11.3 Å². The Hall–Kier alpha value is -1.44. The number of carbonyl (C=O) groups excluding carboxylic acids is 1. The number of carbonyl (C=O) groups is 1. The molecule has 0 spiro atoms. The molecule has 1 saturated heterocycles. The molecule has 1 heterocycles. The first-order chi connectivity index (χ1) is 11.2. The van der Waals surface area contributed by atoms with Crippen LogP contribution >= 0.6 is 0 Å². The molecule has 0 aromatic heterocycles. The zero-order valence-electron chi connectivity index (χ0n) is 14.8. The Morgan fingerprint density at radius 3 is 2.33 bits per heavy atom. The second-order valence-electron chi connectivity index (χ2n) is 6.69. The van der Waals surface area contributed by atoms with Crippen LogP contribution in [0.3, 0.4) is 0 Å². The first kappa shape index (κ1) is 18.9. The largest absolute Gasteiger partial charge is 0.326 e. The van der Waals surface area contributed by atoms with Gasteiger partial charge in [0.05, 0.1) is 0 Å². The Kier molecular flexibility index (Phi) is 6.01. The van der Waals surface area contributed by atoms with Gasteiger partial charge >= 0.3 is 0 Å². The summed E-state index contributed by atoms with van der Waals surface area (Å²) in [5.74, 6) is 0.150. The van der Waals surface area contributed by atoms with E-state index in [9.17, 15) is 13.2 Å². The molecule has 7 heteroatoms. The number of nitrogens with zero attached hydrogens (tertiary/aromatic N) is 2. The molecule has 1 amide bonds. The van der Waals surface area contributed by atoms with Crippen molar-refractivity contribution in [3.05, 3.63) is 29.8 Å². The molecule has 2 rings (SSSR count). The number of hydrogen-bond donors (Lipinski definition) is 1. The van der Waals surface area contributed by atoms with Gasteiger partial charge in [0, 0.05) is 38.8 Å². The van der Waals surface area contributed by atoms with Crippen molar-refractivity contribution in [1.29, 1.82) is 0 Å². The van der Waals surface area contributed by atoms with E-state index in [-0.39, 0.29) is 11.8 Å². The van der Waals surface area contributed by atoms with Gasteiger partial charge in [0.25, 0.3) is 10.2 Å². The lowest BCUT2D eigenvalue weighted by atomic mass is 9.96. The van der Waals surface area contributed by atoms with Gasteiger partial charge in [-0.05, 0) is 30.4 Å². The van der Waals surface area contributed by atoms with Gasteiger partial charge in [-0.15, -0.1) is 0 Å². The molecule has 0 radical (unpaired) electrons. The Morgan fingerprint density at radius 2 is 1.79 bits per heavy atom. The summed E-state index contributed by atoms with van der Waals surface area (Å²) in [6.07, 6.45) is 1.09. The Balaban J connectivity index is 1.99. The van der Waals surface area contributed by atoms with Crippen molar-refractivity contribution in [1.82, 2.24) is 8.61 Å². The van der Waals surface area contributed by atoms with E-state index in [4.69, 9.17) is 0 Å². The molecule has 1 aliphatic heterocycles. The van der Waals surface area contributed by atoms with E-state index in [2.05, 4.69) is 19.2 Å². The number of hydrogen-bond acceptors (Lipinski definition) is 3. The predicted molar refractivity (Wildman–Crippen MR) is 96.1 cm³/mol. The fourth-order valence-corrected chi connectivity index (χ4v) is 4.06. The average Bonchev–Trinajstić information content (AvgIpc) is 2.55. The molecule has 0 bridgehead atoms. The van der Waals surface area contributed by atoms with Crippen molar-refractivity contribution in [3.8, 4) is 0 Å². The third kappa shape index (κ3) is 4.15. The molecule has 134 valence electrons. The molecule has 1 N–H and O–H groups in total. The van der Waals surface area contributed by atoms with E-state index >= 15 is 0 Å². The zero-order chi connectivity index (χ0) is 17.9. The monoisotopic (exact) mass is 353 g/mol. The Labute approximate surface area is 145 Å². The summed E-state index contributed by atoms with van der Waals surface area (Å²) in [5.41, 5.74) is 1.96. The minimum absolute atomic E-state index is 0.0231. The van der Waals surface area contributed by atoms with Gasteiger partial charge in [-0.1, -0.05) is 32.0 Å². The highest BCUT2D eigenvalue weighted by atomic mass is 32.2. The average molecular weight is 353 g/mol. The van der Waals surface area contributed by atoms with Gasteiger partial charge in [-0.25, -0.2) is 0 Å². The van der Waals surface area contributed by atoms with E-state index in [0.29, 0.717) is 31.8 Å². The number of para-hydroxylation sites is 1. The van der Waals surface area contributed by atoms with Crippen molar-refractivity contribution in [3.63, 3.8) is 0 Å². The lowest BCUT2D eigenvalue weighted by molar-refractivity contribution is -0.120. The van der Waals surface area contributed by atoms with Gasteiger partial charge in [0.1, 0.15) is 0 Å². The fraction of sp³-hybridized carbons (Fsp3) is 0.588. The number of piperidine rings is 1. The standard InChI is InChI=1S/C17H27N3O3S/c1-13(2)15-7-5-6-8-16(15)18-17(21)14-9-11-20(12-10-14)24(22,23)19(3)4/h5-8,13-14H,9-12H2,1-4H3,(H,18,21). The second-order valence-corrected chi connectivity index (χ2v) is 8.84. The normalized spacial score (nSPS) is 17.4. The van der Waals surface area contributed by atoms with Crippen LogP contribution in [0.25, 0.3) is 0 Å². The molecule has 1 fully saturated rings. The quantitative estimate of drug-likeness (QED) is 0.883. The first-order valence-electron chi connectivity index (χ1n) is 8.31. The topological polar surface area (TPSA) is 69.7 Å². The maximum absolute atomic E-state index is 12.5. The predicted octanol–water partition coefficient (Wildman–Crippen LogP) is 2.27. The van der Waals surface area contributed by atoms with Crippen molar-refractivity contribution < 1.29 is 13.2 Å². The molecule has 0 saturated carbocycles. The van der Waals surface area contributed by atoms with Crippen LogP contribution in [0.15, 0.2) is 24.3 Å². The zero-order valence-corrected chi connectivity index (χ0v) is 15.6. The Bertz CT molecular complexity index is 678. The maximum Gasteiger partial charge on any atom is 0.281 e. The van der Waals surface area contributed by atoms with Gasteiger partial charge in [0.2, 0.25) is 5.91 Å². The van der Waals surface area contributed by atoms with E-state index < -0.39 is 10.2 Å². The van der Waals surface area contributed by atoms with Gasteiger partial charge in [-0.3, -0.25) is 4.79 Å². The van der Waals surface area contributed by atoms with Gasteiger partial charge in [-0.2, -0.15) is 17.0 Å². The van der Waals surface area contributed by atoms with E-state index in [1.165, 1.54) is 22.7 Å². The number of benzene rings is 1. The number of amides is 1. The number of anilines is 1. The Morgan fingerprint density at radius 1 is 1.21 bits per heavy atom. The molecule has 1 aromatic rings.